The van der Waals surface area contributed by atoms with E-state index in [0.29, 0.717) is 6.42 Å². The maximum absolute atomic E-state index is 12.5. The molecule has 4 N–H and O–H groups in total. The number of nitrogens with one attached hydrogen (secondary N) is 1. The lowest BCUT2D eigenvalue weighted by molar-refractivity contribution is -0.131. The van der Waals surface area contributed by atoms with Gasteiger partial charge in [0.25, 0.3) is 0 Å². The van der Waals surface area contributed by atoms with Gasteiger partial charge in [-0.25, -0.2) is 0 Å². The highest BCUT2D eigenvalue weighted by molar-refractivity contribution is 5.80. The summed E-state index contributed by atoms with van der Waals surface area (Å²) in [4.78, 5) is 12.5. The van der Waals surface area contributed by atoms with Crippen molar-refractivity contribution in [2.24, 2.45) is 0 Å². The molecule has 0 spiro atoms. The minimum atomic E-state index is -1.11. The largest absolute Gasteiger partial charge is 0.394 e. The van der Waals surface area contributed by atoms with E-state index in [1.54, 1.807) is 6.08 Å². The van der Waals surface area contributed by atoms with Gasteiger partial charge in [-0.15, -0.1) is 0 Å². The van der Waals surface area contributed by atoms with Crippen molar-refractivity contribution >= 4 is 5.91 Å². The lowest BCUT2D eigenvalue weighted by Crippen LogP contribution is -2.48. The van der Waals surface area contributed by atoms with Crippen LogP contribution in [-0.4, -0.2) is 46.1 Å². The number of unbranched alkanes of at least 4 members (excludes halogenated alkanes) is 40. The third kappa shape index (κ3) is 50.2. The topological polar surface area (TPSA) is 89.8 Å². The molecule has 5 heteroatoms. The molecule has 0 fully saturated rings. The highest BCUT2D eigenvalue weighted by Gasteiger charge is 2.22. The Labute approximate surface area is 412 Å². The number of carbonyl (C=O) groups is 1. The lowest BCUT2D eigenvalue weighted by atomic mass is 10.0. The standard InChI is InChI=1S/C61H115NO4/c1-3-5-7-9-11-13-15-17-19-20-21-22-23-24-25-26-27-28-29-30-31-32-33-34-35-36-37-38-39-40-41-42-44-46-48-50-52-54-56-60(65)61(66)62-58(57-63)59(64)55-53-51-49-47-45-43-18-16-14-12-10-8-6-4-2/h14,16,30-31,45,47,53,55,58-60,63-65H,3-13,15,17-29,32-44,46,48-52,54,56-57H2,1-2H3,(H,62,66)/b16-14+,31-30-,47-45+,55-53+. The minimum absolute atomic E-state index is 0.381. The van der Waals surface area contributed by atoms with Crippen LogP contribution in [0.15, 0.2) is 48.6 Å². The van der Waals surface area contributed by atoms with E-state index in [4.69, 9.17) is 0 Å². The fourth-order valence-electron chi connectivity index (χ4n) is 9.04. The Hall–Kier alpha value is -1.69. The number of aliphatic hydroxyl groups is 3. The molecular weight excluding hydrogens is 811 g/mol. The molecule has 1 amide bonds. The molecule has 66 heavy (non-hydrogen) atoms. The third-order valence-electron chi connectivity index (χ3n) is 13.6. The number of allylic oxidation sites excluding steroid dienone is 7. The van der Waals surface area contributed by atoms with Crippen molar-refractivity contribution in [2.75, 3.05) is 6.61 Å². The number of hydrogen-bond donors (Lipinski definition) is 4. The molecule has 0 aliphatic heterocycles. The Bertz CT molecular complexity index is 1070. The second kappa shape index (κ2) is 55.9. The molecule has 0 aliphatic rings. The summed E-state index contributed by atoms with van der Waals surface area (Å²) in [6.45, 7) is 4.16. The summed E-state index contributed by atoms with van der Waals surface area (Å²) in [5.74, 6) is -0.515. The van der Waals surface area contributed by atoms with Crippen LogP contribution >= 0.6 is 0 Å². The zero-order valence-electron chi connectivity index (χ0n) is 44.3. The zero-order chi connectivity index (χ0) is 47.9. The molecule has 0 aromatic heterocycles. The minimum Gasteiger partial charge on any atom is -0.394 e. The first-order chi connectivity index (χ1) is 32.6. The highest BCUT2D eigenvalue weighted by atomic mass is 16.3. The predicted octanol–water partition coefficient (Wildman–Crippen LogP) is 18.4. The second-order valence-corrected chi connectivity index (χ2v) is 20.2. The normalized spacial score (nSPS) is 13.6. The van der Waals surface area contributed by atoms with Gasteiger partial charge < -0.3 is 20.6 Å². The molecule has 0 aliphatic carbocycles. The summed E-state index contributed by atoms with van der Waals surface area (Å²) in [7, 11) is 0. The third-order valence-corrected chi connectivity index (χ3v) is 13.6. The van der Waals surface area contributed by atoms with Crippen LogP contribution in [0, 0.1) is 0 Å². The average molecular weight is 927 g/mol. The Morgan fingerprint density at radius 2 is 0.621 bits per heavy atom. The molecule has 0 saturated carbocycles. The number of aliphatic hydroxyl groups excluding tert-OH is 3. The van der Waals surface area contributed by atoms with E-state index in [2.05, 4.69) is 55.6 Å². The summed E-state index contributed by atoms with van der Waals surface area (Å²) in [5.41, 5.74) is 0. The summed E-state index contributed by atoms with van der Waals surface area (Å²) in [5, 5.41) is 33.2. The Morgan fingerprint density at radius 1 is 0.364 bits per heavy atom. The zero-order valence-corrected chi connectivity index (χ0v) is 44.3. The number of rotatable bonds is 54. The van der Waals surface area contributed by atoms with Gasteiger partial charge in [0.2, 0.25) is 5.91 Å². The maximum Gasteiger partial charge on any atom is 0.249 e. The van der Waals surface area contributed by atoms with E-state index < -0.39 is 24.2 Å². The first kappa shape index (κ1) is 64.3. The van der Waals surface area contributed by atoms with Crippen LogP contribution < -0.4 is 5.32 Å². The van der Waals surface area contributed by atoms with Crippen LogP contribution in [0.3, 0.4) is 0 Å². The molecule has 5 nitrogen and oxygen atoms in total. The quantitative estimate of drug-likeness (QED) is 0.0361. The highest BCUT2D eigenvalue weighted by Crippen LogP contribution is 2.17. The van der Waals surface area contributed by atoms with Crippen molar-refractivity contribution in [1.82, 2.24) is 5.32 Å². The maximum atomic E-state index is 12.5. The van der Waals surface area contributed by atoms with E-state index >= 15 is 0 Å². The van der Waals surface area contributed by atoms with E-state index in [9.17, 15) is 20.1 Å². The summed E-state index contributed by atoms with van der Waals surface area (Å²) < 4.78 is 0. The molecular formula is C61H115NO4. The van der Waals surface area contributed by atoms with E-state index in [-0.39, 0.29) is 6.61 Å². The van der Waals surface area contributed by atoms with Gasteiger partial charge in [0.15, 0.2) is 0 Å². The Balaban J connectivity index is 3.48. The SMILES string of the molecule is CCCCCC/C=C/CC/C=C/CC/C=C/C(O)C(CO)NC(=O)C(O)CCCCCCCCCCCCCCCCCC/C=C\CCCCCCCCCCCCCCCCCCCC. The second-order valence-electron chi connectivity index (χ2n) is 20.2. The Kier molecular flexibility index (Phi) is 54.5. The first-order valence-electron chi connectivity index (χ1n) is 29.5. The van der Waals surface area contributed by atoms with E-state index in [1.807, 2.05) is 6.08 Å². The summed E-state index contributed by atoms with van der Waals surface area (Å²) in [6.07, 6.45) is 75.1. The van der Waals surface area contributed by atoms with Gasteiger partial charge in [-0.05, 0) is 70.6 Å². The van der Waals surface area contributed by atoms with Crippen molar-refractivity contribution in [2.45, 2.75) is 327 Å². The number of amides is 1. The molecule has 3 atom stereocenters. The van der Waals surface area contributed by atoms with Crippen LogP contribution in [0.1, 0.15) is 309 Å². The number of hydrogen-bond acceptors (Lipinski definition) is 4. The van der Waals surface area contributed by atoms with Crippen molar-refractivity contribution in [3.8, 4) is 0 Å². The van der Waals surface area contributed by atoms with Gasteiger partial charge in [0.1, 0.15) is 6.10 Å². The van der Waals surface area contributed by atoms with Crippen molar-refractivity contribution in [3.63, 3.8) is 0 Å². The molecule has 0 aromatic carbocycles. The van der Waals surface area contributed by atoms with Gasteiger partial charge in [-0.2, -0.15) is 0 Å². The fourth-order valence-corrected chi connectivity index (χ4v) is 9.04. The molecule has 388 valence electrons. The predicted molar refractivity (Wildman–Crippen MR) is 291 cm³/mol. The molecule has 0 heterocycles. The lowest BCUT2D eigenvalue weighted by Gasteiger charge is -2.21. The fraction of sp³-hybridized carbons (Fsp3) is 0.852. The van der Waals surface area contributed by atoms with Crippen molar-refractivity contribution in [1.29, 1.82) is 0 Å². The monoisotopic (exact) mass is 926 g/mol. The van der Waals surface area contributed by atoms with Crippen LogP contribution in [0.25, 0.3) is 0 Å². The summed E-state index contributed by atoms with van der Waals surface area (Å²) >= 11 is 0. The molecule has 3 unspecified atom stereocenters. The van der Waals surface area contributed by atoms with Crippen LogP contribution in [-0.2, 0) is 4.79 Å². The van der Waals surface area contributed by atoms with Gasteiger partial charge >= 0.3 is 0 Å². The molecule has 0 rings (SSSR count). The van der Waals surface area contributed by atoms with E-state index in [1.165, 1.54) is 244 Å². The van der Waals surface area contributed by atoms with Crippen LogP contribution in [0.4, 0.5) is 0 Å². The van der Waals surface area contributed by atoms with Gasteiger partial charge in [0.05, 0.1) is 18.8 Å². The molecule has 0 radical (unpaired) electrons. The van der Waals surface area contributed by atoms with Crippen molar-refractivity contribution in [3.05, 3.63) is 48.6 Å². The average Bonchev–Trinajstić information content (AvgIpc) is 3.32. The van der Waals surface area contributed by atoms with Gasteiger partial charge in [0, 0.05) is 0 Å². The molecule has 0 bridgehead atoms. The van der Waals surface area contributed by atoms with E-state index in [0.717, 1.165) is 44.9 Å². The van der Waals surface area contributed by atoms with Gasteiger partial charge in [-0.3, -0.25) is 4.79 Å². The Morgan fingerprint density at radius 3 is 0.939 bits per heavy atom. The summed E-state index contributed by atoms with van der Waals surface area (Å²) in [6, 6.07) is -0.821. The smallest absolute Gasteiger partial charge is 0.249 e. The first-order valence-corrected chi connectivity index (χ1v) is 29.5. The molecule has 0 aromatic rings. The van der Waals surface area contributed by atoms with Crippen LogP contribution in [0.5, 0.6) is 0 Å². The van der Waals surface area contributed by atoms with Gasteiger partial charge in [-0.1, -0.05) is 287 Å². The van der Waals surface area contributed by atoms with Crippen LogP contribution in [0.2, 0.25) is 0 Å². The van der Waals surface area contributed by atoms with Crippen molar-refractivity contribution < 1.29 is 20.1 Å². The number of carbonyl (C=O) groups excluding carboxylic acids is 1. The molecule has 0 saturated heterocycles.